The Balaban J connectivity index is 2.10. The highest BCUT2D eigenvalue weighted by Gasteiger charge is 2.08. The van der Waals surface area contributed by atoms with Gasteiger partial charge in [-0.3, -0.25) is 4.79 Å². The fourth-order valence-corrected chi connectivity index (χ4v) is 2.68. The lowest BCUT2D eigenvalue weighted by molar-refractivity contribution is 0.102. The molecule has 0 saturated heterocycles. The maximum Gasteiger partial charge on any atom is 0.255 e. The van der Waals surface area contributed by atoms with Crippen molar-refractivity contribution in [1.29, 1.82) is 0 Å². The van der Waals surface area contributed by atoms with Crippen molar-refractivity contribution in [2.75, 3.05) is 10.6 Å². The zero-order valence-electron chi connectivity index (χ0n) is 10.5. The van der Waals surface area contributed by atoms with Crippen LogP contribution in [0.1, 0.15) is 15.9 Å². The highest BCUT2D eigenvalue weighted by Crippen LogP contribution is 2.17. The van der Waals surface area contributed by atoms with Crippen molar-refractivity contribution < 1.29 is 9.18 Å². The number of nitrogens with one attached hydrogen (secondary N) is 1. The Morgan fingerprint density at radius 2 is 1.85 bits per heavy atom. The predicted molar refractivity (Wildman–Crippen MR) is 86.0 cm³/mol. The van der Waals surface area contributed by atoms with Crippen LogP contribution < -0.4 is 5.32 Å². The number of carbonyl (C=O) groups excluding carboxylic acids is 1. The van der Waals surface area contributed by atoms with E-state index in [-0.39, 0.29) is 11.5 Å². The Bertz CT molecular complexity index is 594. The van der Waals surface area contributed by atoms with Gasteiger partial charge in [0.1, 0.15) is 5.82 Å². The summed E-state index contributed by atoms with van der Waals surface area (Å²) in [6.45, 7) is 0. The zero-order chi connectivity index (χ0) is 14.5. The molecule has 5 heteroatoms. The van der Waals surface area contributed by atoms with Crippen LogP contribution >= 0.6 is 31.9 Å². The van der Waals surface area contributed by atoms with E-state index in [0.717, 1.165) is 11.8 Å². The van der Waals surface area contributed by atoms with Crippen LogP contribution in [0.2, 0.25) is 0 Å². The Kier molecular flexibility index (Phi) is 5.31. The van der Waals surface area contributed by atoms with Gasteiger partial charge in [-0.25, -0.2) is 4.39 Å². The van der Waals surface area contributed by atoms with Crippen molar-refractivity contribution in [1.82, 2.24) is 0 Å². The van der Waals surface area contributed by atoms with Crippen LogP contribution in [0.15, 0.2) is 46.9 Å². The molecule has 2 nitrogen and oxygen atoms in total. The van der Waals surface area contributed by atoms with Crippen LogP contribution in [0.3, 0.4) is 0 Å². The summed E-state index contributed by atoms with van der Waals surface area (Å²) in [7, 11) is 0. The van der Waals surface area contributed by atoms with Crippen LogP contribution in [0.25, 0.3) is 0 Å². The number of anilines is 1. The number of halogens is 3. The standard InChI is InChI=1S/C15H12Br2FNO/c16-6-5-10-1-3-14(4-2-10)19-15(20)11-7-12(17)9-13(18)8-11/h1-4,7-9H,5-6H2,(H,19,20). The predicted octanol–water partition coefficient (Wildman–Crippen LogP) is 4.78. The molecule has 0 spiro atoms. The normalized spacial score (nSPS) is 10.3. The van der Waals surface area contributed by atoms with Crippen molar-refractivity contribution in [3.8, 4) is 0 Å². The Morgan fingerprint density at radius 3 is 2.45 bits per heavy atom. The number of carbonyl (C=O) groups is 1. The molecule has 0 heterocycles. The molecule has 20 heavy (non-hydrogen) atoms. The monoisotopic (exact) mass is 399 g/mol. The topological polar surface area (TPSA) is 29.1 Å². The molecule has 0 radical (unpaired) electrons. The summed E-state index contributed by atoms with van der Waals surface area (Å²) in [5, 5.41) is 3.64. The van der Waals surface area contributed by atoms with E-state index >= 15 is 0 Å². The number of hydrogen-bond donors (Lipinski definition) is 1. The third kappa shape index (κ3) is 4.15. The van der Waals surface area contributed by atoms with E-state index < -0.39 is 5.82 Å². The van der Waals surface area contributed by atoms with E-state index in [9.17, 15) is 9.18 Å². The van der Waals surface area contributed by atoms with Gasteiger partial charge in [0.15, 0.2) is 0 Å². The van der Waals surface area contributed by atoms with Gasteiger partial charge in [0.05, 0.1) is 0 Å². The number of amides is 1. The fourth-order valence-electron chi connectivity index (χ4n) is 1.75. The molecular formula is C15H12Br2FNO. The van der Waals surface area contributed by atoms with Crippen LogP contribution in [0.4, 0.5) is 10.1 Å². The molecule has 2 rings (SSSR count). The van der Waals surface area contributed by atoms with Crippen LogP contribution in [0, 0.1) is 5.82 Å². The van der Waals surface area contributed by atoms with Gasteiger partial charge in [-0.15, -0.1) is 0 Å². The number of benzene rings is 2. The zero-order valence-corrected chi connectivity index (χ0v) is 13.7. The second-order valence-electron chi connectivity index (χ2n) is 4.25. The van der Waals surface area contributed by atoms with Gasteiger partial charge in [-0.1, -0.05) is 44.0 Å². The van der Waals surface area contributed by atoms with Crippen LogP contribution in [0.5, 0.6) is 0 Å². The summed E-state index contributed by atoms with van der Waals surface area (Å²) in [6, 6.07) is 11.7. The molecule has 1 amide bonds. The summed E-state index contributed by atoms with van der Waals surface area (Å²) in [4.78, 5) is 12.0. The molecule has 2 aromatic carbocycles. The van der Waals surface area contributed by atoms with Crippen LogP contribution in [-0.2, 0) is 6.42 Å². The van der Waals surface area contributed by atoms with Gasteiger partial charge in [-0.2, -0.15) is 0 Å². The van der Waals surface area contributed by atoms with E-state index in [4.69, 9.17) is 0 Å². The average Bonchev–Trinajstić information content (AvgIpc) is 2.40. The summed E-state index contributed by atoms with van der Waals surface area (Å²) in [5.74, 6) is -0.782. The highest BCUT2D eigenvalue weighted by molar-refractivity contribution is 9.10. The van der Waals surface area contributed by atoms with Crippen molar-refractivity contribution in [3.05, 3.63) is 63.9 Å². The smallest absolute Gasteiger partial charge is 0.255 e. The minimum atomic E-state index is -0.447. The highest BCUT2D eigenvalue weighted by atomic mass is 79.9. The van der Waals surface area contributed by atoms with E-state index in [1.165, 1.54) is 17.7 Å². The second-order valence-corrected chi connectivity index (χ2v) is 5.96. The Morgan fingerprint density at radius 1 is 1.15 bits per heavy atom. The minimum absolute atomic E-state index is 0.279. The van der Waals surface area contributed by atoms with Crippen molar-refractivity contribution >= 4 is 43.5 Å². The van der Waals surface area contributed by atoms with Crippen molar-refractivity contribution in [3.63, 3.8) is 0 Å². The maximum absolute atomic E-state index is 13.3. The third-order valence-electron chi connectivity index (χ3n) is 2.72. The Labute approximate surface area is 133 Å². The second kappa shape index (κ2) is 6.99. The lowest BCUT2D eigenvalue weighted by Gasteiger charge is -2.07. The molecule has 0 aliphatic rings. The van der Waals surface area contributed by atoms with Gasteiger partial charge in [0.25, 0.3) is 5.91 Å². The van der Waals surface area contributed by atoms with Gasteiger partial charge in [0, 0.05) is 21.1 Å². The first-order valence-electron chi connectivity index (χ1n) is 6.01. The maximum atomic E-state index is 13.3. The lowest BCUT2D eigenvalue weighted by atomic mass is 10.1. The minimum Gasteiger partial charge on any atom is -0.322 e. The molecule has 0 atom stereocenters. The first kappa shape index (κ1) is 15.2. The molecule has 1 N–H and O–H groups in total. The van der Waals surface area contributed by atoms with Crippen molar-refractivity contribution in [2.24, 2.45) is 0 Å². The van der Waals surface area contributed by atoms with E-state index in [1.807, 2.05) is 24.3 Å². The molecular weight excluding hydrogens is 389 g/mol. The van der Waals surface area contributed by atoms with Crippen LogP contribution in [-0.4, -0.2) is 11.2 Å². The molecule has 0 saturated carbocycles. The first-order chi connectivity index (χ1) is 9.58. The van der Waals surface area contributed by atoms with E-state index in [1.54, 1.807) is 6.07 Å². The molecule has 2 aromatic rings. The number of alkyl halides is 1. The SMILES string of the molecule is O=C(Nc1ccc(CCBr)cc1)c1cc(F)cc(Br)c1. The largest absolute Gasteiger partial charge is 0.322 e. The van der Waals surface area contributed by atoms with Gasteiger partial charge < -0.3 is 5.32 Å². The molecule has 104 valence electrons. The molecule has 0 fully saturated rings. The van der Waals surface area contributed by atoms with Gasteiger partial charge in [-0.05, 0) is 42.3 Å². The Hall–Kier alpha value is -1.20. The van der Waals surface area contributed by atoms with Gasteiger partial charge in [0.2, 0.25) is 0 Å². The molecule has 0 aromatic heterocycles. The summed E-state index contributed by atoms with van der Waals surface area (Å²) in [6.07, 6.45) is 0.936. The lowest BCUT2D eigenvalue weighted by Crippen LogP contribution is -2.12. The number of hydrogen-bond acceptors (Lipinski definition) is 1. The first-order valence-corrected chi connectivity index (χ1v) is 7.92. The van der Waals surface area contributed by atoms with Crippen molar-refractivity contribution in [2.45, 2.75) is 6.42 Å². The summed E-state index contributed by atoms with van der Waals surface area (Å²) >= 11 is 6.55. The number of aryl methyl sites for hydroxylation is 1. The third-order valence-corrected chi connectivity index (χ3v) is 3.57. The molecule has 0 aliphatic heterocycles. The summed E-state index contributed by atoms with van der Waals surface area (Å²) < 4.78 is 13.8. The molecule has 0 unspecified atom stereocenters. The average molecular weight is 401 g/mol. The molecule has 0 aliphatic carbocycles. The fraction of sp³-hybridized carbons (Fsp3) is 0.133. The van der Waals surface area contributed by atoms with Gasteiger partial charge >= 0.3 is 0 Å². The quantitative estimate of drug-likeness (QED) is 0.735. The van der Waals surface area contributed by atoms with E-state index in [0.29, 0.717) is 10.2 Å². The van der Waals surface area contributed by atoms with E-state index in [2.05, 4.69) is 37.2 Å². The summed E-state index contributed by atoms with van der Waals surface area (Å²) in [5.41, 5.74) is 2.16. The number of rotatable bonds is 4. The molecule has 0 bridgehead atoms.